The fraction of sp³-hybridized carbons (Fsp3) is 0.189. The van der Waals surface area contributed by atoms with Crippen LogP contribution in [-0.2, 0) is 4.65 Å². The number of anilines is 3. The summed E-state index contributed by atoms with van der Waals surface area (Å²) in [6.07, 6.45) is 0. The average Bonchev–Trinajstić information content (AvgIpc) is 2.97. The number of rotatable bonds is 9. The molecule has 5 aromatic rings. The zero-order valence-electron chi connectivity index (χ0n) is 24.5. The summed E-state index contributed by atoms with van der Waals surface area (Å²) in [5.41, 5.74) is 8.15. The molecule has 0 atom stereocenters. The van der Waals surface area contributed by atoms with Crippen molar-refractivity contribution < 1.29 is 9.76 Å². The molecule has 0 aromatic heterocycles. The number of hydrogen-bond donors (Lipinski definition) is 1. The summed E-state index contributed by atoms with van der Waals surface area (Å²) in [4.78, 5) is 2.31. The predicted octanol–water partition coefficient (Wildman–Crippen LogP) is 8.61. The zero-order chi connectivity index (χ0) is 29.0. The summed E-state index contributed by atoms with van der Waals surface area (Å²) in [5.74, 6) is 0. The molecule has 41 heavy (non-hydrogen) atoms. The van der Waals surface area contributed by atoms with Gasteiger partial charge in [-0.2, -0.15) is 0 Å². The van der Waals surface area contributed by atoms with Crippen molar-refractivity contribution in [3.63, 3.8) is 0 Å². The molecular weight excluding hydrogens is 501 g/mol. The van der Waals surface area contributed by atoms with Gasteiger partial charge >= 0.3 is 7.48 Å². The molecule has 0 spiro atoms. The topological polar surface area (TPSA) is 32.7 Å². The van der Waals surface area contributed by atoms with Gasteiger partial charge in [-0.15, -0.1) is 0 Å². The van der Waals surface area contributed by atoms with Crippen LogP contribution in [0.15, 0.2) is 127 Å². The van der Waals surface area contributed by atoms with Crippen LogP contribution in [0.2, 0.25) is 0 Å². The van der Waals surface area contributed by atoms with Crippen LogP contribution in [0.25, 0.3) is 22.3 Å². The Kier molecular flexibility index (Phi) is 8.16. The van der Waals surface area contributed by atoms with Crippen molar-refractivity contribution in [2.45, 2.75) is 45.8 Å². The molecule has 5 rings (SSSR count). The quantitative estimate of drug-likeness (QED) is 0.191. The first-order chi connectivity index (χ1) is 19.6. The monoisotopic (exact) mass is 538 g/mol. The fourth-order valence-corrected chi connectivity index (χ4v) is 4.66. The SMILES string of the molecule is Cc1cccc(N(c2ccc(-c3ccccc3)cc2)c2ccc([B]OC(C)(C)C(C)(C)O)cc2-c2ccccc2)c1. The maximum Gasteiger partial charge on any atom is 0.330 e. The zero-order valence-corrected chi connectivity index (χ0v) is 24.5. The van der Waals surface area contributed by atoms with Gasteiger partial charge in [-0.05, 0) is 87.2 Å². The van der Waals surface area contributed by atoms with E-state index in [1.54, 1.807) is 21.3 Å². The molecule has 0 aliphatic heterocycles. The van der Waals surface area contributed by atoms with E-state index in [0.29, 0.717) is 0 Å². The third kappa shape index (κ3) is 6.46. The number of aryl methyl sites for hydroxylation is 1. The summed E-state index contributed by atoms with van der Waals surface area (Å²) in [6, 6.07) is 44.6. The molecule has 0 aliphatic rings. The minimum absolute atomic E-state index is 0.757. The van der Waals surface area contributed by atoms with Gasteiger partial charge in [-0.25, -0.2) is 0 Å². The van der Waals surface area contributed by atoms with Gasteiger partial charge in [0.05, 0.1) is 16.9 Å². The van der Waals surface area contributed by atoms with Gasteiger partial charge < -0.3 is 14.7 Å². The summed E-state index contributed by atoms with van der Waals surface area (Å²) >= 11 is 0. The Bertz CT molecular complexity index is 1590. The average molecular weight is 539 g/mol. The first kappa shape index (κ1) is 28.4. The molecule has 4 heteroatoms. The van der Waals surface area contributed by atoms with Crippen molar-refractivity contribution in [1.29, 1.82) is 0 Å². The van der Waals surface area contributed by atoms with E-state index in [4.69, 9.17) is 4.65 Å². The van der Waals surface area contributed by atoms with Crippen LogP contribution in [0.5, 0.6) is 0 Å². The Morgan fingerprint density at radius 1 is 0.610 bits per heavy atom. The lowest BCUT2D eigenvalue weighted by Gasteiger charge is -2.37. The van der Waals surface area contributed by atoms with E-state index < -0.39 is 11.2 Å². The summed E-state index contributed by atoms with van der Waals surface area (Å²) in [7, 11) is 1.75. The third-order valence-corrected chi connectivity index (χ3v) is 7.80. The molecule has 0 aliphatic carbocycles. The van der Waals surface area contributed by atoms with Crippen LogP contribution < -0.4 is 10.4 Å². The molecule has 0 saturated carbocycles. The minimum Gasteiger partial charge on any atom is -0.427 e. The van der Waals surface area contributed by atoms with Crippen molar-refractivity contribution in [2.24, 2.45) is 0 Å². The standard InChI is InChI=1S/C37H37BNO2/c1-27-13-12-18-33(25-27)39(32-22-19-29(20-23-32)28-14-8-6-9-15-28)35-24-21-31(38-41-37(4,5)36(2,3)40)26-34(35)30-16-10-7-11-17-30/h6-26,40H,1-5H3. The Morgan fingerprint density at radius 2 is 1.22 bits per heavy atom. The highest BCUT2D eigenvalue weighted by Crippen LogP contribution is 2.41. The number of nitrogens with zero attached hydrogens (tertiary/aromatic N) is 1. The van der Waals surface area contributed by atoms with Crippen molar-refractivity contribution in [3.8, 4) is 22.3 Å². The Hall–Kier alpha value is -4.12. The van der Waals surface area contributed by atoms with E-state index in [9.17, 15) is 5.11 Å². The smallest absolute Gasteiger partial charge is 0.330 e. The molecule has 0 heterocycles. The van der Waals surface area contributed by atoms with Crippen molar-refractivity contribution in [3.05, 3.63) is 133 Å². The van der Waals surface area contributed by atoms with E-state index in [2.05, 4.69) is 127 Å². The Balaban J connectivity index is 1.61. The van der Waals surface area contributed by atoms with Crippen LogP contribution >= 0.6 is 0 Å². The highest BCUT2D eigenvalue weighted by Gasteiger charge is 2.35. The highest BCUT2D eigenvalue weighted by molar-refractivity contribution is 6.47. The van der Waals surface area contributed by atoms with Crippen LogP contribution in [0.3, 0.4) is 0 Å². The van der Waals surface area contributed by atoms with Crippen LogP contribution in [0.4, 0.5) is 17.1 Å². The van der Waals surface area contributed by atoms with Gasteiger partial charge in [0.15, 0.2) is 0 Å². The Labute approximate surface area is 245 Å². The molecule has 0 bridgehead atoms. The third-order valence-electron chi connectivity index (χ3n) is 7.80. The largest absolute Gasteiger partial charge is 0.427 e. The van der Waals surface area contributed by atoms with Gasteiger partial charge in [0.2, 0.25) is 0 Å². The molecule has 1 N–H and O–H groups in total. The molecule has 205 valence electrons. The molecule has 1 radical (unpaired) electrons. The molecule has 0 unspecified atom stereocenters. The second-order valence-corrected chi connectivity index (χ2v) is 11.5. The Morgan fingerprint density at radius 3 is 1.83 bits per heavy atom. The summed E-state index contributed by atoms with van der Waals surface area (Å²) < 4.78 is 6.12. The van der Waals surface area contributed by atoms with E-state index in [1.807, 2.05) is 26.0 Å². The maximum absolute atomic E-state index is 10.6. The fourth-order valence-electron chi connectivity index (χ4n) is 4.66. The lowest BCUT2D eigenvalue weighted by Crippen LogP contribution is -2.49. The molecule has 0 saturated heterocycles. The van der Waals surface area contributed by atoms with E-state index >= 15 is 0 Å². The number of aliphatic hydroxyl groups is 1. The normalized spacial score (nSPS) is 11.8. The van der Waals surface area contributed by atoms with Crippen molar-refractivity contribution >= 4 is 30.0 Å². The molecular formula is C37H37BNO2. The number of hydrogen-bond acceptors (Lipinski definition) is 3. The van der Waals surface area contributed by atoms with Gasteiger partial charge in [0.25, 0.3) is 0 Å². The minimum atomic E-state index is -1.00. The second-order valence-electron chi connectivity index (χ2n) is 11.5. The summed E-state index contributed by atoms with van der Waals surface area (Å²) in [6.45, 7) is 9.45. The van der Waals surface area contributed by atoms with E-state index in [0.717, 1.165) is 33.7 Å². The second kappa shape index (κ2) is 11.8. The van der Waals surface area contributed by atoms with Crippen LogP contribution in [0, 0.1) is 6.92 Å². The van der Waals surface area contributed by atoms with Gasteiger partial charge in [-0.3, -0.25) is 0 Å². The molecule has 0 fully saturated rings. The molecule has 5 aromatic carbocycles. The van der Waals surface area contributed by atoms with Crippen LogP contribution in [-0.4, -0.2) is 23.8 Å². The molecule has 3 nitrogen and oxygen atoms in total. The highest BCUT2D eigenvalue weighted by atomic mass is 16.5. The first-order valence-electron chi connectivity index (χ1n) is 14.1. The summed E-state index contributed by atoms with van der Waals surface area (Å²) in [5, 5.41) is 10.6. The van der Waals surface area contributed by atoms with Crippen molar-refractivity contribution in [2.75, 3.05) is 4.90 Å². The van der Waals surface area contributed by atoms with Gasteiger partial charge in [0, 0.05) is 16.9 Å². The lowest BCUT2D eigenvalue weighted by atomic mass is 9.81. The first-order valence-corrected chi connectivity index (χ1v) is 14.1. The lowest BCUT2D eigenvalue weighted by molar-refractivity contribution is -0.0893. The van der Waals surface area contributed by atoms with Gasteiger partial charge in [0.1, 0.15) is 0 Å². The van der Waals surface area contributed by atoms with Crippen molar-refractivity contribution in [1.82, 2.24) is 0 Å². The predicted molar refractivity (Wildman–Crippen MR) is 174 cm³/mol. The van der Waals surface area contributed by atoms with E-state index in [1.165, 1.54) is 16.7 Å². The van der Waals surface area contributed by atoms with E-state index in [-0.39, 0.29) is 0 Å². The van der Waals surface area contributed by atoms with Crippen LogP contribution in [0.1, 0.15) is 33.3 Å². The maximum atomic E-state index is 10.6. The molecule has 0 amide bonds. The van der Waals surface area contributed by atoms with Gasteiger partial charge in [-0.1, -0.05) is 103 Å². The number of benzene rings is 5.